The van der Waals surface area contributed by atoms with Gasteiger partial charge in [-0.3, -0.25) is 0 Å². The quantitative estimate of drug-likeness (QED) is 0.453. The maximum absolute atomic E-state index is 9.82. The van der Waals surface area contributed by atoms with E-state index in [1.165, 1.54) is 16.7 Å². The molecule has 0 atom stereocenters. The van der Waals surface area contributed by atoms with Crippen molar-refractivity contribution in [1.82, 2.24) is 0 Å². The van der Waals surface area contributed by atoms with Crippen molar-refractivity contribution in [3.05, 3.63) is 95.1 Å². The highest BCUT2D eigenvalue weighted by molar-refractivity contribution is 6.00. The minimum absolute atomic E-state index is 0.266. The van der Waals surface area contributed by atoms with Gasteiger partial charge in [0.05, 0.1) is 0 Å². The van der Waals surface area contributed by atoms with Crippen LogP contribution < -0.4 is 0 Å². The van der Waals surface area contributed by atoms with Crippen LogP contribution in [0.5, 0.6) is 11.5 Å². The fourth-order valence-electron chi connectivity index (χ4n) is 3.46. The molecule has 0 saturated carbocycles. The first-order valence-electron chi connectivity index (χ1n) is 11.1. The zero-order valence-corrected chi connectivity index (χ0v) is 19.2. The van der Waals surface area contributed by atoms with Gasteiger partial charge < -0.3 is 10.2 Å². The third kappa shape index (κ3) is 6.00. The van der Waals surface area contributed by atoms with E-state index in [2.05, 4.69) is 24.3 Å². The number of phenolic OH excluding ortho intramolecular Hbond substituents is 2. The molecule has 0 heterocycles. The fraction of sp³-hybridized carbons (Fsp3) is 0.286. The average molecular weight is 405 g/mol. The van der Waals surface area contributed by atoms with Crippen molar-refractivity contribution in [2.75, 3.05) is 0 Å². The monoisotopic (exact) mass is 404 g/mol. The molecule has 2 nitrogen and oxygen atoms in total. The van der Waals surface area contributed by atoms with Gasteiger partial charge in [0.1, 0.15) is 11.5 Å². The van der Waals surface area contributed by atoms with Crippen LogP contribution in [0.25, 0.3) is 11.1 Å². The Labute approximate surface area is 182 Å². The molecule has 0 aromatic heterocycles. The molecule has 0 bridgehead atoms. The molecular formula is C28H36O2. The standard InChI is InChI=1S/C22H18O2.3C2H6/c23-18-9-6-16(7-10-18)22-20(15-4-2-1-3-5-15)12-8-17-14-19(24)11-13-21(17)22;3*1-2/h1-7,9-11,13-14,23-24H,8,12H2;3*1-2H3. The SMILES string of the molecule is CC.CC.CC.Oc1ccc(C2=C(c3ccccc3)CCc3cc(O)ccc32)cc1. The van der Waals surface area contributed by atoms with E-state index in [1.807, 2.05) is 71.9 Å². The van der Waals surface area contributed by atoms with Gasteiger partial charge in [-0.05, 0) is 70.5 Å². The van der Waals surface area contributed by atoms with Gasteiger partial charge in [-0.2, -0.15) is 0 Å². The van der Waals surface area contributed by atoms with Crippen LogP contribution in [0, 0.1) is 0 Å². The molecule has 0 amide bonds. The van der Waals surface area contributed by atoms with E-state index in [1.54, 1.807) is 18.2 Å². The van der Waals surface area contributed by atoms with E-state index in [0.29, 0.717) is 5.75 Å². The Hall–Kier alpha value is -3.00. The number of aromatic hydroxyl groups is 2. The number of fused-ring (bicyclic) bond motifs is 1. The summed E-state index contributed by atoms with van der Waals surface area (Å²) in [7, 11) is 0. The Bertz CT molecular complexity index is 907. The van der Waals surface area contributed by atoms with Crippen molar-refractivity contribution in [1.29, 1.82) is 0 Å². The lowest BCUT2D eigenvalue weighted by atomic mass is 9.79. The van der Waals surface area contributed by atoms with Crippen molar-refractivity contribution in [2.24, 2.45) is 0 Å². The number of hydrogen-bond donors (Lipinski definition) is 2. The molecule has 0 fully saturated rings. The Kier molecular flexibility index (Phi) is 11.1. The lowest BCUT2D eigenvalue weighted by molar-refractivity contribution is 0.474. The predicted octanol–water partition coefficient (Wildman–Crippen LogP) is 8.08. The fourth-order valence-corrected chi connectivity index (χ4v) is 3.46. The lowest BCUT2D eigenvalue weighted by Crippen LogP contribution is -2.06. The molecule has 0 unspecified atom stereocenters. The van der Waals surface area contributed by atoms with Gasteiger partial charge in [0.15, 0.2) is 0 Å². The first kappa shape index (κ1) is 25.0. The summed E-state index contributed by atoms with van der Waals surface area (Å²) in [5.74, 6) is 0.573. The molecule has 160 valence electrons. The van der Waals surface area contributed by atoms with E-state index in [4.69, 9.17) is 0 Å². The largest absolute Gasteiger partial charge is 0.508 e. The molecular weight excluding hydrogens is 368 g/mol. The van der Waals surface area contributed by atoms with Crippen molar-refractivity contribution >= 4 is 11.1 Å². The molecule has 0 aliphatic heterocycles. The normalized spacial score (nSPS) is 11.5. The van der Waals surface area contributed by atoms with Crippen molar-refractivity contribution in [2.45, 2.75) is 54.4 Å². The van der Waals surface area contributed by atoms with E-state index >= 15 is 0 Å². The van der Waals surface area contributed by atoms with Crippen LogP contribution in [-0.2, 0) is 6.42 Å². The zero-order chi connectivity index (χ0) is 22.5. The lowest BCUT2D eigenvalue weighted by Gasteiger charge is -2.24. The van der Waals surface area contributed by atoms with Crippen LogP contribution >= 0.6 is 0 Å². The van der Waals surface area contributed by atoms with Gasteiger partial charge in [0, 0.05) is 0 Å². The van der Waals surface area contributed by atoms with Crippen LogP contribution in [0.15, 0.2) is 72.8 Å². The van der Waals surface area contributed by atoms with E-state index < -0.39 is 0 Å². The molecule has 1 aliphatic carbocycles. The zero-order valence-electron chi connectivity index (χ0n) is 19.2. The molecule has 3 aromatic carbocycles. The Morgan fingerprint density at radius 1 is 0.567 bits per heavy atom. The highest BCUT2D eigenvalue weighted by Crippen LogP contribution is 2.41. The number of phenols is 2. The van der Waals surface area contributed by atoms with Crippen LogP contribution in [0.1, 0.15) is 70.2 Å². The molecule has 2 N–H and O–H groups in total. The minimum Gasteiger partial charge on any atom is -0.508 e. The third-order valence-corrected chi connectivity index (χ3v) is 4.58. The smallest absolute Gasteiger partial charge is 0.115 e. The molecule has 2 heteroatoms. The first-order chi connectivity index (χ1) is 14.7. The summed E-state index contributed by atoms with van der Waals surface area (Å²) < 4.78 is 0. The molecule has 4 rings (SSSR count). The second-order valence-corrected chi connectivity index (χ2v) is 6.11. The summed E-state index contributed by atoms with van der Waals surface area (Å²) in [5.41, 5.74) is 7.11. The summed E-state index contributed by atoms with van der Waals surface area (Å²) in [5, 5.41) is 19.4. The number of rotatable bonds is 2. The number of aryl methyl sites for hydroxylation is 1. The minimum atomic E-state index is 0.266. The highest BCUT2D eigenvalue weighted by Gasteiger charge is 2.21. The maximum Gasteiger partial charge on any atom is 0.115 e. The second kappa shape index (κ2) is 13.3. The summed E-state index contributed by atoms with van der Waals surface area (Å²) in [6.07, 6.45) is 1.84. The molecule has 0 radical (unpaired) electrons. The van der Waals surface area contributed by atoms with Gasteiger partial charge in [-0.15, -0.1) is 0 Å². The molecule has 3 aromatic rings. The molecule has 0 saturated heterocycles. The second-order valence-electron chi connectivity index (χ2n) is 6.11. The Balaban J connectivity index is 0.000000691. The Morgan fingerprint density at radius 2 is 1.13 bits per heavy atom. The van der Waals surface area contributed by atoms with Gasteiger partial charge in [0.2, 0.25) is 0 Å². The van der Waals surface area contributed by atoms with Gasteiger partial charge >= 0.3 is 0 Å². The van der Waals surface area contributed by atoms with E-state index in [-0.39, 0.29) is 5.75 Å². The van der Waals surface area contributed by atoms with E-state index in [0.717, 1.165) is 29.5 Å². The molecule has 30 heavy (non-hydrogen) atoms. The summed E-state index contributed by atoms with van der Waals surface area (Å²) >= 11 is 0. The van der Waals surface area contributed by atoms with Gasteiger partial charge in [-0.1, -0.05) is 90.1 Å². The topological polar surface area (TPSA) is 40.5 Å². The van der Waals surface area contributed by atoms with Crippen LogP contribution in [-0.4, -0.2) is 10.2 Å². The number of hydrogen-bond acceptors (Lipinski definition) is 2. The van der Waals surface area contributed by atoms with Crippen LogP contribution in [0.3, 0.4) is 0 Å². The average Bonchev–Trinajstić information content (AvgIpc) is 2.83. The van der Waals surface area contributed by atoms with Crippen molar-refractivity contribution < 1.29 is 10.2 Å². The van der Waals surface area contributed by atoms with E-state index in [9.17, 15) is 10.2 Å². The molecule has 1 aliphatic rings. The maximum atomic E-state index is 9.82. The highest BCUT2D eigenvalue weighted by atomic mass is 16.3. The Morgan fingerprint density at radius 3 is 1.73 bits per heavy atom. The first-order valence-corrected chi connectivity index (χ1v) is 11.1. The van der Waals surface area contributed by atoms with Crippen molar-refractivity contribution in [3.63, 3.8) is 0 Å². The predicted molar refractivity (Wildman–Crippen MR) is 131 cm³/mol. The number of benzene rings is 3. The van der Waals surface area contributed by atoms with Gasteiger partial charge in [0.25, 0.3) is 0 Å². The summed E-state index contributed by atoms with van der Waals surface area (Å²) in [6.45, 7) is 12.0. The third-order valence-electron chi connectivity index (χ3n) is 4.58. The summed E-state index contributed by atoms with van der Waals surface area (Å²) in [4.78, 5) is 0. The van der Waals surface area contributed by atoms with Crippen LogP contribution in [0.4, 0.5) is 0 Å². The van der Waals surface area contributed by atoms with Gasteiger partial charge in [-0.25, -0.2) is 0 Å². The molecule has 0 spiro atoms. The number of allylic oxidation sites excluding steroid dienone is 1. The van der Waals surface area contributed by atoms with Crippen molar-refractivity contribution in [3.8, 4) is 11.5 Å². The van der Waals surface area contributed by atoms with Crippen LogP contribution in [0.2, 0.25) is 0 Å². The summed E-state index contributed by atoms with van der Waals surface area (Å²) in [6, 6.07) is 23.4.